The highest BCUT2D eigenvalue weighted by Gasteiger charge is 2.31. The zero-order chi connectivity index (χ0) is 14.1. The third-order valence-electron chi connectivity index (χ3n) is 2.79. The lowest BCUT2D eigenvalue weighted by molar-refractivity contribution is 0.0881. The van der Waals surface area contributed by atoms with Crippen molar-refractivity contribution in [1.29, 1.82) is 0 Å². The van der Waals surface area contributed by atoms with Gasteiger partial charge < -0.3 is 16.8 Å². The van der Waals surface area contributed by atoms with Crippen molar-refractivity contribution in [1.82, 2.24) is 26.7 Å². The Bertz CT molecular complexity index is 550. The number of nitrogens with one attached hydrogen (secondary N) is 4. The zero-order valence-corrected chi connectivity index (χ0v) is 10.7. The fourth-order valence-corrected chi connectivity index (χ4v) is 1.89. The molecule has 0 amide bonds. The second-order valence-electron chi connectivity index (χ2n) is 4.20. The van der Waals surface area contributed by atoms with Crippen molar-refractivity contribution in [2.24, 2.45) is 21.8 Å². The molecule has 0 bridgehead atoms. The van der Waals surface area contributed by atoms with Crippen LogP contribution in [0.15, 0.2) is 33.3 Å². The number of hydrazine groups is 1. The molecule has 1 saturated heterocycles. The highest BCUT2D eigenvalue weighted by atomic mass is 16.8. The molecule has 0 aromatic carbocycles. The Labute approximate surface area is 114 Å². The largest absolute Gasteiger partial charge is 0.379 e. The van der Waals surface area contributed by atoms with Gasteiger partial charge in [0, 0.05) is 6.54 Å². The lowest BCUT2D eigenvalue weighted by Gasteiger charge is -2.18. The maximum absolute atomic E-state index is 5.75. The molecule has 8 N–H and O–H groups in total. The van der Waals surface area contributed by atoms with Gasteiger partial charge >= 0.3 is 0 Å². The minimum Gasteiger partial charge on any atom is -0.379 e. The van der Waals surface area contributed by atoms with Crippen LogP contribution in [0.25, 0.3) is 0 Å². The summed E-state index contributed by atoms with van der Waals surface area (Å²) in [6, 6.07) is 0. The summed E-state index contributed by atoms with van der Waals surface area (Å²) in [4.78, 5) is 9.46. The van der Waals surface area contributed by atoms with Crippen LogP contribution in [0.5, 0.6) is 0 Å². The van der Waals surface area contributed by atoms with Gasteiger partial charge in [0.05, 0.1) is 0 Å². The normalized spacial score (nSPS) is 27.8. The number of amidine groups is 2. The SMILES string of the molecule is CCCN1N/C(=C2\NON=C2N)N/C1=C1\NON=C1N. The Morgan fingerprint density at radius 1 is 1.10 bits per heavy atom. The van der Waals surface area contributed by atoms with Crippen molar-refractivity contribution in [2.75, 3.05) is 6.54 Å². The van der Waals surface area contributed by atoms with Crippen LogP contribution in [-0.4, -0.2) is 23.2 Å². The molecule has 0 unspecified atom stereocenters. The third kappa shape index (κ3) is 1.84. The minimum absolute atomic E-state index is 0.236. The van der Waals surface area contributed by atoms with Crippen LogP contribution in [0.1, 0.15) is 13.3 Å². The van der Waals surface area contributed by atoms with Gasteiger partial charge in [-0.3, -0.25) is 20.3 Å². The Morgan fingerprint density at radius 3 is 2.30 bits per heavy atom. The number of nitrogens with two attached hydrogens (primary N) is 2. The topological polar surface area (TPSA) is 147 Å². The van der Waals surface area contributed by atoms with Crippen LogP contribution in [0, 0.1) is 0 Å². The molecule has 0 saturated carbocycles. The molecule has 0 aromatic rings. The standard InChI is InChI=1S/C9H15N9O2/c1-2-3-18-9(5-7(11)17-20-15-5)12-8(13-18)4-6(10)16-19-14-4/h12-15H,2-3H2,1H3,(H2,10,16)(H2,11,17)/b8-4-,9-5+. The molecule has 20 heavy (non-hydrogen) atoms. The van der Waals surface area contributed by atoms with E-state index in [-0.39, 0.29) is 11.7 Å². The fourth-order valence-electron chi connectivity index (χ4n) is 1.89. The second kappa shape index (κ2) is 4.60. The van der Waals surface area contributed by atoms with E-state index < -0.39 is 0 Å². The summed E-state index contributed by atoms with van der Waals surface area (Å²) in [5, 5.41) is 12.2. The van der Waals surface area contributed by atoms with Gasteiger partial charge in [0.15, 0.2) is 34.7 Å². The Balaban J connectivity index is 1.95. The lowest BCUT2D eigenvalue weighted by Crippen LogP contribution is -2.34. The van der Waals surface area contributed by atoms with Crippen molar-refractivity contribution >= 4 is 11.7 Å². The molecular weight excluding hydrogens is 266 g/mol. The third-order valence-corrected chi connectivity index (χ3v) is 2.79. The Hall–Kier alpha value is -2.98. The maximum Gasteiger partial charge on any atom is 0.196 e. The summed E-state index contributed by atoms with van der Waals surface area (Å²) in [7, 11) is 0. The van der Waals surface area contributed by atoms with Crippen LogP contribution in [0.3, 0.4) is 0 Å². The maximum atomic E-state index is 5.75. The molecule has 0 atom stereocenters. The van der Waals surface area contributed by atoms with E-state index in [0.29, 0.717) is 23.0 Å². The summed E-state index contributed by atoms with van der Waals surface area (Å²) in [5.74, 6) is 1.76. The monoisotopic (exact) mass is 281 g/mol. The van der Waals surface area contributed by atoms with Gasteiger partial charge in [-0.2, -0.15) is 11.0 Å². The first-order chi connectivity index (χ1) is 9.70. The summed E-state index contributed by atoms with van der Waals surface area (Å²) in [6.45, 7) is 2.79. The van der Waals surface area contributed by atoms with Gasteiger partial charge in [-0.15, -0.1) is 0 Å². The van der Waals surface area contributed by atoms with Crippen LogP contribution in [0.4, 0.5) is 0 Å². The lowest BCUT2D eigenvalue weighted by atomic mass is 10.3. The van der Waals surface area contributed by atoms with E-state index in [1.807, 2.05) is 5.01 Å². The Morgan fingerprint density at radius 2 is 1.75 bits per heavy atom. The van der Waals surface area contributed by atoms with Gasteiger partial charge in [-0.05, 0) is 16.7 Å². The summed E-state index contributed by atoms with van der Waals surface area (Å²) < 4.78 is 0. The smallest absolute Gasteiger partial charge is 0.196 e. The zero-order valence-electron chi connectivity index (χ0n) is 10.7. The number of nitrogens with zero attached hydrogens (tertiary/aromatic N) is 3. The molecule has 11 heteroatoms. The molecule has 1 fully saturated rings. The van der Waals surface area contributed by atoms with Gasteiger partial charge in [-0.25, -0.2) is 0 Å². The van der Waals surface area contributed by atoms with E-state index >= 15 is 0 Å². The van der Waals surface area contributed by atoms with Crippen molar-refractivity contribution < 1.29 is 9.88 Å². The summed E-state index contributed by atoms with van der Waals surface area (Å²) in [5.41, 5.74) is 20.9. The summed E-state index contributed by atoms with van der Waals surface area (Å²) >= 11 is 0. The molecule has 3 aliphatic rings. The highest BCUT2D eigenvalue weighted by Crippen LogP contribution is 2.18. The van der Waals surface area contributed by atoms with Crippen molar-refractivity contribution in [3.63, 3.8) is 0 Å². The van der Waals surface area contributed by atoms with E-state index in [0.717, 1.165) is 13.0 Å². The first-order valence-electron chi connectivity index (χ1n) is 6.02. The number of oxime groups is 2. The Kier molecular flexibility index (Phi) is 2.78. The quantitative estimate of drug-likeness (QED) is 0.330. The molecule has 3 heterocycles. The van der Waals surface area contributed by atoms with Gasteiger partial charge in [-0.1, -0.05) is 6.92 Å². The molecule has 0 spiro atoms. The molecule has 0 aliphatic carbocycles. The van der Waals surface area contributed by atoms with E-state index in [4.69, 9.17) is 21.3 Å². The van der Waals surface area contributed by atoms with Crippen LogP contribution in [-0.2, 0) is 9.88 Å². The van der Waals surface area contributed by atoms with Crippen LogP contribution < -0.4 is 33.2 Å². The van der Waals surface area contributed by atoms with Gasteiger partial charge in [0.1, 0.15) is 0 Å². The number of hydroxylamine groups is 2. The molecule has 0 radical (unpaired) electrons. The van der Waals surface area contributed by atoms with Crippen molar-refractivity contribution in [2.45, 2.75) is 13.3 Å². The predicted octanol–water partition coefficient (Wildman–Crippen LogP) is -2.24. The average molecular weight is 281 g/mol. The average Bonchev–Trinajstić information content (AvgIpc) is 3.10. The molecule has 108 valence electrons. The molecule has 11 nitrogen and oxygen atoms in total. The second-order valence-corrected chi connectivity index (χ2v) is 4.20. The highest BCUT2D eigenvalue weighted by molar-refractivity contribution is 5.98. The van der Waals surface area contributed by atoms with E-state index in [1.54, 1.807) is 0 Å². The van der Waals surface area contributed by atoms with Gasteiger partial charge in [0.25, 0.3) is 0 Å². The predicted molar refractivity (Wildman–Crippen MR) is 69.0 cm³/mol. The fraction of sp³-hybridized carbons (Fsp3) is 0.333. The molecule has 3 aliphatic heterocycles. The van der Waals surface area contributed by atoms with Crippen molar-refractivity contribution in [3.8, 4) is 0 Å². The first-order valence-corrected chi connectivity index (χ1v) is 6.02. The molecular formula is C9H15N9O2. The minimum atomic E-state index is 0.236. The van der Waals surface area contributed by atoms with E-state index in [2.05, 4.69) is 38.9 Å². The van der Waals surface area contributed by atoms with E-state index in [1.165, 1.54) is 0 Å². The molecule has 3 rings (SSSR count). The van der Waals surface area contributed by atoms with Crippen LogP contribution in [0.2, 0.25) is 0 Å². The number of rotatable bonds is 2. The van der Waals surface area contributed by atoms with Crippen LogP contribution >= 0.6 is 0 Å². The first kappa shape index (κ1) is 12.1. The summed E-state index contributed by atoms with van der Waals surface area (Å²) in [6.07, 6.45) is 0.916. The number of hydrogen-bond acceptors (Lipinski definition) is 11. The van der Waals surface area contributed by atoms with E-state index in [9.17, 15) is 0 Å². The van der Waals surface area contributed by atoms with Crippen molar-refractivity contribution in [3.05, 3.63) is 23.0 Å². The van der Waals surface area contributed by atoms with Gasteiger partial charge in [0.2, 0.25) is 0 Å². The number of hydrogen-bond donors (Lipinski definition) is 6. The molecule has 0 aromatic heterocycles.